The van der Waals surface area contributed by atoms with Crippen LogP contribution in [0.15, 0.2) is 29.2 Å². The van der Waals surface area contributed by atoms with E-state index in [1.54, 1.807) is 0 Å². The molecule has 1 fully saturated rings. The lowest BCUT2D eigenvalue weighted by Crippen LogP contribution is -2.44. The highest BCUT2D eigenvalue weighted by atomic mass is 32.2. The second-order valence-electron chi connectivity index (χ2n) is 7.45. The van der Waals surface area contributed by atoms with Crippen molar-refractivity contribution in [2.75, 3.05) is 19.6 Å². The molecular formula is C19H28N2O5S. The molecule has 1 heterocycles. The molecule has 2 rings (SSSR count). The molecule has 8 heteroatoms. The minimum Gasteiger partial charge on any atom is -0.478 e. The Morgan fingerprint density at radius 1 is 1.19 bits per heavy atom. The van der Waals surface area contributed by atoms with Gasteiger partial charge < -0.3 is 10.4 Å². The van der Waals surface area contributed by atoms with Crippen LogP contribution in [0.4, 0.5) is 0 Å². The minimum atomic E-state index is -3.90. The van der Waals surface area contributed by atoms with E-state index in [2.05, 4.69) is 26.1 Å². The third kappa shape index (κ3) is 5.07. The average molecular weight is 397 g/mol. The molecule has 0 bridgehead atoms. The SMILES string of the molecule is CC(C)C(C)CNC(=O)C1CCN(S(=O)(=O)c2ccccc2C(=O)O)CC1. The van der Waals surface area contributed by atoms with Crippen LogP contribution in [0.1, 0.15) is 44.0 Å². The largest absolute Gasteiger partial charge is 0.478 e. The summed E-state index contributed by atoms with van der Waals surface area (Å²) in [6.45, 7) is 7.31. The number of hydrogen-bond donors (Lipinski definition) is 2. The Morgan fingerprint density at radius 3 is 2.33 bits per heavy atom. The Hall–Kier alpha value is -1.93. The van der Waals surface area contributed by atoms with Gasteiger partial charge in [0.25, 0.3) is 0 Å². The summed E-state index contributed by atoms with van der Waals surface area (Å²) in [4.78, 5) is 23.5. The zero-order valence-electron chi connectivity index (χ0n) is 16.0. The molecule has 1 unspecified atom stereocenters. The van der Waals surface area contributed by atoms with Crippen molar-refractivity contribution in [3.63, 3.8) is 0 Å². The molecule has 0 radical (unpaired) electrons. The van der Waals surface area contributed by atoms with Gasteiger partial charge in [0.15, 0.2) is 0 Å². The zero-order chi connectivity index (χ0) is 20.2. The molecule has 150 valence electrons. The number of piperidine rings is 1. The van der Waals surface area contributed by atoms with Gasteiger partial charge in [0.1, 0.15) is 0 Å². The van der Waals surface area contributed by atoms with Crippen LogP contribution in [0.25, 0.3) is 0 Å². The van der Waals surface area contributed by atoms with Gasteiger partial charge in [-0.3, -0.25) is 4.79 Å². The summed E-state index contributed by atoms with van der Waals surface area (Å²) in [7, 11) is -3.90. The standard InChI is InChI=1S/C19H28N2O5S/c1-13(2)14(3)12-20-18(22)15-8-10-21(11-9-15)27(25,26)17-7-5-4-6-16(17)19(23)24/h4-7,13-15H,8-12H2,1-3H3,(H,20,22)(H,23,24). The number of rotatable bonds is 7. The van der Waals surface area contributed by atoms with E-state index in [9.17, 15) is 23.1 Å². The number of nitrogens with zero attached hydrogens (tertiary/aromatic N) is 1. The van der Waals surface area contributed by atoms with Crippen molar-refractivity contribution in [1.29, 1.82) is 0 Å². The van der Waals surface area contributed by atoms with Crippen LogP contribution in [0.3, 0.4) is 0 Å². The predicted molar refractivity (Wildman–Crippen MR) is 102 cm³/mol. The lowest BCUT2D eigenvalue weighted by atomic mass is 9.95. The summed E-state index contributed by atoms with van der Waals surface area (Å²) in [6, 6.07) is 5.60. The van der Waals surface area contributed by atoms with Crippen LogP contribution in [0.2, 0.25) is 0 Å². The fourth-order valence-electron chi connectivity index (χ4n) is 3.01. The number of aromatic carboxylic acids is 1. The van der Waals surface area contributed by atoms with Crippen molar-refractivity contribution in [2.45, 2.75) is 38.5 Å². The third-order valence-corrected chi connectivity index (χ3v) is 7.25. The quantitative estimate of drug-likeness (QED) is 0.735. The van der Waals surface area contributed by atoms with E-state index >= 15 is 0 Å². The molecule has 2 N–H and O–H groups in total. The molecule has 7 nitrogen and oxygen atoms in total. The second kappa shape index (κ2) is 8.84. The number of sulfonamides is 1. The molecule has 0 spiro atoms. The van der Waals surface area contributed by atoms with Gasteiger partial charge in [0, 0.05) is 25.6 Å². The molecule has 1 aromatic carbocycles. The summed E-state index contributed by atoms with van der Waals surface area (Å²) in [5.74, 6) is -0.674. The van der Waals surface area contributed by atoms with Gasteiger partial charge in [-0.25, -0.2) is 13.2 Å². The summed E-state index contributed by atoms with van der Waals surface area (Å²) in [5.41, 5.74) is -0.236. The van der Waals surface area contributed by atoms with Gasteiger partial charge >= 0.3 is 5.97 Å². The first-order chi connectivity index (χ1) is 12.6. The Kier molecular flexibility index (Phi) is 7.00. The normalized spacial score (nSPS) is 17.6. The summed E-state index contributed by atoms with van der Waals surface area (Å²) >= 11 is 0. The van der Waals surface area contributed by atoms with Gasteiger partial charge in [0.05, 0.1) is 10.5 Å². The van der Waals surface area contributed by atoms with Gasteiger partial charge in [0.2, 0.25) is 15.9 Å². The van der Waals surface area contributed by atoms with E-state index < -0.39 is 16.0 Å². The van der Waals surface area contributed by atoms with Crippen LogP contribution < -0.4 is 5.32 Å². The molecule has 1 aromatic rings. The molecule has 0 aliphatic carbocycles. The number of amides is 1. The summed E-state index contributed by atoms with van der Waals surface area (Å²) in [6.07, 6.45) is 0.854. The molecule has 27 heavy (non-hydrogen) atoms. The molecular weight excluding hydrogens is 368 g/mol. The van der Waals surface area contributed by atoms with Crippen molar-refractivity contribution >= 4 is 21.9 Å². The van der Waals surface area contributed by atoms with Crippen LogP contribution in [-0.4, -0.2) is 49.3 Å². The first-order valence-electron chi connectivity index (χ1n) is 9.24. The van der Waals surface area contributed by atoms with Gasteiger partial charge in [-0.05, 0) is 36.8 Å². The molecule has 1 aliphatic rings. The van der Waals surface area contributed by atoms with Crippen LogP contribution >= 0.6 is 0 Å². The summed E-state index contributed by atoms with van der Waals surface area (Å²) in [5, 5.41) is 12.2. The van der Waals surface area contributed by atoms with Crippen molar-refractivity contribution in [3.05, 3.63) is 29.8 Å². The Bertz CT molecular complexity index is 783. The van der Waals surface area contributed by atoms with Crippen molar-refractivity contribution in [1.82, 2.24) is 9.62 Å². The van der Waals surface area contributed by atoms with E-state index in [1.165, 1.54) is 28.6 Å². The number of nitrogens with one attached hydrogen (secondary N) is 1. The number of hydrogen-bond acceptors (Lipinski definition) is 4. The van der Waals surface area contributed by atoms with Crippen molar-refractivity contribution in [3.8, 4) is 0 Å². The highest BCUT2D eigenvalue weighted by Crippen LogP contribution is 2.26. The number of benzene rings is 1. The average Bonchev–Trinajstić information content (AvgIpc) is 2.65. The summed E-state index contributed by atoms with van der Waals surface area (Å²) < 4.78 is 27.0. The smallest absolute Gasteiger partial charge is 0.337 e. The third-order valence-electron chi connectivity index (χ3n) is 5.30. The monoisotopic (exact) mass is 396 g/mol. The first kappa shape index (κ1) is 21.4. The van der Waals surface area contributed by atoms with E-state index in [0.29, 0.717) is 31.2 Å². The van der Waals surface area contributed by atoms with E-state index in [-0.39, 0.29) is 35.4 Å². The first-order valence-corrected chi connectivity index (χ1v) is 10.7. The maximum absolute atomic E-state index is 12.8. The number of carbonyl (C=O) groups excluding carboxylic acids is 1. The number of carboxylic acids is 1. The predicted octanol–water partition coefficient (Wildman–Crippen LogP) is 2.19. The number of carboxylic acid groups (broad SMARTS) is 1. The molecule has 1 saturated heterocycles. The molecule has 1 amide bonds. The van der Waals surface area contributed by atoms with Gasteiger partial charge in [-0.2, -0.15) is 4.31 Å². The van der Waals surface area contributed by atoms with Crippen LogP contribution in [0, 0.1) is 17.8 Å². The topological polar surface area (TPSA) is 104 Å². The lowest BCUT2D eigenvalue weighted by Gasteiger charge is -2.31. The zero-order valence-corrected chi connectivity index (χ0v) is 16.8. The fraction of sp³-hybridized carbons (Fsp3) is 0.579. The Balaban J connectivity index is 2.01. The van der Waals surface area contributed by atoms with E-state index in [4.69, 9.17) is 0 Å². The second-order valence-corrected chi connectivity index (χ2v) is 9.35. The van der Waals surface area contributed by atoms with E-state index in [1.807, 2.05) is 0 Å². The Labute approximate surface area is 160 Å². The maximum atomic E-state index is 12.8. The van der Waals surface area contributed by atoms with Crippen molar-refractivity contribution in [2.24, 2.45) is 17.8 Å². The van der Waals surface area contributed by atoms with Crippen LogP contribution in [-0.2, 0) is 14.8 Å². The fourth-order valence-corrected chi connectivity index (χ4v) is 4.66. The van der Waals surface area contributed by atoms with Gasteiger partial charge in [-0.1, -0.05) is 32.9 Å². The number of carbonyl (C=O) groups is 2. The highest BCUT2D eigenvalue weighted by Gasteiger charge is 2.34. The van der Waals surface area contributed by atoms with E-state index in [0.717, 1.165) is 0 Å². The van der Waals surface area contributed by atoms with Gasteiger partial charge in [-0.15, -0.1) is 0 Å². The molecule has 0 saturated carbocycles. The molecule has 1 aliphatic heterocycles. The maximum Gasteiger partial charge on any atom is 0.337 e. The lowest BCUT2D eigenvalue weighted by molar-refractivity contribution is -0.126. The molecule has 1 atom stereocenters. The molecule has 0 aromatic heterocycles. The van der Waals surface area contributed by atoms with Crippen LogP contribution in [0.5, 0.6) is 0 Å². The highest BCUT2D eigenvalue weighted by molar-refractivity contribution is 7.89. The van der Waals surface area contributed by atoms with Crippen molar-refractivity contribution < 1.29 is 23.1 Å². The minimum absolute atomic E-state index is 0.0366. The Morgan fingerprint density at radius 2 is 1.78 bits per heavy atom.